The summed E-state index contributed by atoms with van der Waals surface area (Å²) in [6, 6.07) is 8.21. The average molecular weight is 390 g/mol. The minimum Gasteiger partial charge on any atom is -0.497 e. The van der Waals surface area contributed by atoms with Crippen LogP contribution in [0.1, 0.15) is 32.0 Å². The molecule has 0 saturated carbocycles. The monoisotopic (exact) mass is 389 g/mol. The van der Waals surface area contributed by atoms with Crippen molar-refractivity contribution in [3.05, 3.63) is 40.9 Å². The molecule has 0 aliphatic carbocycles. The number of hydrogen-bond donors (Lipinski definition) is 2. The van der Waals surface area contributed by atoms with Crippen LogP contribution in [0.15, 0.2) is 34.6 Å². The fourth-order valence-electron chi connectivity index (χ4n) is 2.53. The van der Waals surface area contributed by atoms with E-state index in [0.717, 1.165) is 35.6 Å². The molecule has 1 aromatic heterocycles. The summed E-state index contributed by atoms with van der Waals surface area (Å²) in [5.74, 6) is 1.68. The third-order valence-corrected chi connectivity index (χ3v) is 5.27. The molecule has 0 spiro atoms. The van der Waals surface area contributed by atoms with E-state index < -0.39 is 0 Å². The van der Waals surface area contributed by atoms with Gasteiger partial charge in [0, 0.05) is 38.0 Å². The van der Waals surface area contributed by atoms with E-state index >= 15 is 0 Å². The van der Waals surface area contributed by atoms with Crippen molar-refractivity contribution in [1.29, 1.82) is 0 Å². The molecule has 2 N–H and O–H groups in total. The fourth-order valence-corrected chi connectivity index (χ4v) is 3.28. The molecule has 1 aromatic carbocycles. The highest BCUT2D eigenvalue weighted by molar-refractivity contribution is 7.13. The summed E-state index contributed by atoms with van der Waals surface area (Å²) in [6.07, 6.45) is 0. The minimum absolute atomic E-state index is 0.0660. The Labute approximate surface area is 166 Å². The van der Waals surface area contributed by atoms with Crippen molar-refractivity contribution >= 4 is 22.4 Å². The van der Waals surface area contributed by atoms with Crippen LogP contribution in [-0.2, 0) is 12.0 Å². The van der Waals surface area contributed by atoms with Crippen LogP contribution in [0.2, 0.25) is 0 Å². The number of methoxy groups -OCH3 is 1. The molecule has 2 aromatic rings. The zero-order chi connectivity index (χ0) is 19.9. The van der Waals surface area contributed by atoms with Crippen molar-refractivity contribution in [2.75, 3.05) is 39.2 Å². The van der Waals surface area contributed by atoms with Gasteiger partial charge in [0.05, 0.1) is 19.3 Å². The third kappa shape index (κ3) is 6.13. The maximum absolute atomic E-state index is 5.35. The van der Waals surface area contributed by atoms with Crippen molar-refractivity contribution < 1.29 is 4.74 Å². The molecular weight excluding hydrogens is 358 g/mol. The number of ether oxygens (including phenoxy) is 1. The molecule has 1 heterocycles. The Morgan fingerprint density at radius 1 is 1.30 bits per heavy atom. The normalized spacial score (nSPS) is 12.0. The summed E-state index contributed by atoms with van der Waals surface area (Å²) in [5.41, 5.74) is 2.14. The zero-order valence-corrected chi connectivity index (χ0v) is 18.0. The van der Waals surface area contributed by atoms with E-state index in [9.17, 15) is 0 Å². The Balaban J connectivity index is 2.03. The number of benzene rings is 1. The van der Waals surface area contributed by atoms with E-state index in [2.05, 4.69) is 58.9 Å². The number of anilines is 1. The van der Waals surface area contributed by atoms with Crippen LogP contribution in [0.4, 0.5) is 5.13 Å². The van der Waals surface area contributed by atoms with Crippen molar-refractivity contribution in [3.63, 3.8) is 0 Å². The largest absolute Gasteiger partial charge is 0.497 e. The van der Waals surface area contributed by atoms with Gasteiger partial charge in [-0.25, -0.2) is 9.98 Å². The van der Waals surface area contributed by atoms with Gasteiger partial charge in [0.2, 0.25) is 0 Å². The van der Waals surface area contributed by atoms with Crippen LogP contribution in [0.25, 0.3) is 0 Å². The smallest absolute Gasteiger partial charge is 0.191 e. The van der Waals surface area contributed by atoms with Crippen molar-refractivity contribution in [3.8, 4) is 5.75 Å². The number of hydrogen-bond acceptors (Lipinski definition) is 5. The SMILES string of the molecule is CCNC(=NCc1csc(N(C)C)n1)NCC(C)(C)c1cccc(OC)c1. The summed E-state index contributed by atoms with van der Waals surface area (Å²) in [5, 5.41) is 9.82. The number of aliphatic imine (C=N–C) groups is 1. The van der Waals surface area contributed by atoms with Gasteiger partial charge in [0.15, 0.2) is 11.1 Å². The molecule has 148 valence electrons. The lowest BCUT2D eigenvalue weighted by Gasteiger charge is -2.27. The lowest BCUT2D eigenvalue weighted by molar-refractivity contribution is 0.411. The molecule has 27 heavy (non-hydrogen) atoms. The van der Waals surface area contributed by atoms with Gasteiger partial charge in [-0.1, -0.05) is 26.0 Å². The summed E-state index contributed by atoms with van der Waals surface area (Å²) in [6.45, 7) is 8.61. The van der Waals surface area contributed by atoms with Gasteiger partial charge < -0.3 is 20.3 Å². The lowest BCUT2D eigenvalue weighted by Crippen LogP contribution is -2.43. The van der Waals surface area contributed by atoms with Crippen molar-refractivity contribution in [2.45, 2.75) is 32.7 Å². The molecule has 0 bridgehead atoms. The Hall–Kier alpha value is -2.28. The van der Waals surface area contributed by atoms with Crippen LogP contribution in [0, 0.1) is 0 Å². The Morgan fingerprint density at radius 2 is 2.07 bits per heavy atom. The van der Waals surface area contributed by atoms with E-state index in [1.807, 2.05) is 31.1 Å². The molecule has 6 nitrogen and oxygen atoms in total. The fraction of sp³-hybridized carbons (Fsp3) is 0.500. The van der Waals surface area contributed by atoms with E-state index in [0.29, 0.717) is 6.54 Å². The van der Waals surface area contributed by atoms with Crippen LogP contribution >= 0.6 is 11.3 Å². The standard InChI is InChI=1S/C20H31N5OS/c1-7-21-18(22-12-16-13-27-19(24-16)25(4)5)23-14-20(2,3)15-9-8-10-17(11-15)26-6/h8-11,13H,7,12,14H2,1-6H3,(H2,21,22,23). The molecule has 0 amide bonds. The number of thiazole rings is 1. The number of nitrogens with zero attached hydrogens (tertiary/aromatic N) is 3. The molecule has 0 radical (unpaired) electrons. The number of nitrogens with one attached hydrogen (secondary N) is 2. The summed E-state index contributed by atoms with van der Waals surface area (Å²) in [7, 11) is 5.69. The van der Waals surface area contributed by atoms with Gasteiger partial charge in [-0.2, -0.15) is 0 Å². The Morgan fingerprint density at radius 3 is 2.70 bits per heavy atom. The van der Waals surface area contributed by atoms with Gasteiger partial charge in [0.1, 0.15) is 5.75 Å². The average Bonchev–Trinajstić information content (AvgIpc) is 3.13. The molecule has 0 aliphatic heterocycles. The minimum atomic E-state index is -0.0660. The van der Waals surface area contributed by atoms with E-state index in [1.54, 1.807) is 18.4 Å². The van der Waals surface area contributed by atoms with E-state index in [-0.39, 0.29) is 5.41 Å². The zero-order valence-electron chi connectivity index (χ0n) is 17.2. The van der Waals surface area contributed by atoms with E-state index in [1.165, 1.54) is 5.56 Å². The quantitative estimate of drug-likeness (QED) is 0.536. The molecule has 0 unspecified atom stereocenters. The highest BCUT2D eigenvalue weighted by atomic mass is 32.1. The lowest BCUT2D eigenvalue weighted by atomic mass is 9.84. The second-order valence-electron chi connectivity index (χ2n) is 7.18. The first-order valence-corrected chi connectivity index (χ1v) is 10.0. The molecule has 0 saturated heterocycles. The number of aromatic nitrogens is 1. The second-order valence-corrected chi connectivity index (χ2v) is 8.02. The van der Waals surface area contributed by atoms with Crippen LogP contribution < -0.4 is 20.3 Å². The van der Waals surface area contributed by atoms with Crippen LogP contribution in [-0.4, -0.2) is 45.2 Å². The summed E-state index contributed by atoms with van der Waals surface area (Å²) in [4.78, 5) is 11.3. The molecular formula is C20H31N5OS. The highest BCUT2D eigenvalue weighted by Crippen LogP contribution is 2.25. The predicted octanol–water partition coefficient (Wildman–Crippen LogP) is 3.25. The van der Waals surface area contributed by atoms with Gasteiger partial charge in [-0.05, 0) is 24.6 Å². The molecule has 2 rings (SSSR count). The molecule has 7 heteroatoms. The predicted molar refractivity (Wildman–Crippen MR) is 115 cm³/mol. The van der Waals surface area contributed by atoms with Crippen molar-refractivity contribution in [2.24, 2.45) is 4.99 Å². The highest BCUT2D eigenvalue weighted by Gasteiger charge is 2.21. The number of guanidine groups is 1. The summed E-state index contributed by atoms with van der Waals surface area (Å²) < 4.78 is 5.35. The third-order valence-electron chi connectivity index (χ3n) is 4.21. The van der Waals surface area contributed by atoms with Gasteiger partial charge >= 0.3 is 0 Å². The molecule has 0 fully saturated rings. The Bertz CT molecular complexity index is 754. The first-order valence-electron chi connectivity index (χ1n) is 9.14. The van der Waals surface area contributed by atoms with E-state index in [4.69, 9.17) is 4.74 Å². The topological polar surface area (TPSA) is 61.8 Å². The Kier molecular flexibility index (Phi) is 7.47. The van der Waals surface area contributed by atoms with Gasteiger partial charge in [-0.15, -0.1) is 11.3 Å². The maximum Gasteiger partial charge on any atom is 0.191 e. The first-order chi connectivity index (χ1) is 12.9. The molecule has 0 atom stereocenters. The first kappa shape index (κ1) is 21.0. The van der Waals surface area contributed by atoms with Crippen LogP contribution in [0.5, 0.6) is 5.75 Å². The second kappa shape index (κ2) is 9.60. The summed E-state index contributed by atoms with van der Waals surface area (Å²) >= 11 is 1.63. The van der Waals surface area contributed by atoms with Crippen molar-refractivity contribution in [1.82, 2.24) is 15.6 Å². The maximum atomic E-state index is 5.35. The van der Waals surface area contributed by atoms with Gasteiger partial charge in [0.25, 0.3) is 0 Å². The molecule has 0 aliphatic rings. The number of rotatable bonds is 8. The van der Waals surface area contributed by atoms with Crippen LogP contribution in [0.3, 0.4) is 0 Å². The van der Waals surface area contributed by atoms with Gasteiger partial charge in [-0.3, -0.25) is 0 Å².